The van der Waals surface area contributed by atoms with E-state index in [1.807, 2.05) is 18.2 Å². The second-order valence-corrected chi connectivity index (χ2v) is 7.78. The number of hydrogen-bond donors (Lipinski definition) is 1. The highest BCUT2D eigenvalue weighted by atomic mass is 19.1. The summed E-state index contributed by atoms with van der Waals surface area (Å²) in [6.45, 7) is 6.98. The molecule has 0 aromatic heterocycles. The summed E-state index contributed by atoms with van der Waals surface area (Å²) in [7, 11) is 0. The summed E-state index contributed by atoms with van der Waals surface area (Å²) in [5, 5.41) is 3.59. The van der Waals surface area contributed by atoms with Crippen LogP contribution >= 0.6 is 0 Å². The van der Waals surface area contributed by atoms with E-state index in [4.69, 9.17) is 4.74 Å². The molecule has 1 aliphatic rings. The summed E-state index contributed by atoms with van der Waals surface area (Å²) in [5.74, 6) is -0.170. The van der Waals surface area contributed by atoms with Crippen LogP contribution in [-0.4, -0.2) is 18.8 Å². The molecule has 1 N–H and O–H groups in total. The quantitative estimate of drug-likeness (QED) is 0.687. The van der Waals surface area contributed by atoms with Crippen molar-refractivity contribution in [1.29, 1.82) is 0 Å². The molecule has 0 saturated carbocycles. The molecule has 0 unspecified atom stereocenters. The van der Waals surface area contributed by atoms with Crippen molar-refractivity contribution in [2.75, 3.05) is 13.2 Å². The van der Waals surface area contributed by atoms with Gasteiger partial charge in [0.2, 0.25) is 0 Å². The topological polar surface area (TPSA) is 21.3 Å². The average Bonchev–Trinajstić information content (AvgIpc) is 2.67. The van der Waals surface area contributed by atoms with Crippen LogP contribution in [0.15, 0.2) is 54.6 Å². The molecule has 1 fully saturated rings. The maximum absolute atomic E-state index is 13.5. The normalized spacial score (nSPS) is 26.0. The Bertz CT molecular complexity index is 687. The van der Waals surface area contributed by atoms with Crippen LogP contribution in [0.4, 0.5) is 4.39 Å². The molecule has 140 valence electrons. The Morgan fingerprint density at radius 3 is 2.50 bits per heavy atom. The minimum absolute atomic E-state index is 0.0421. The van der Waals surface area contributed by atoms with Crippen LogP contribution in [0.1, 0.15) is 50.7 Å². The molecule has 3 heteroatoms. The first-order valence-electron chi connectivity index (χ1n) is 9.70. The lowest BCUT2D eigenvalue weighted by molar-refractivity contribution is -0.0979. The summed E-state index contributed by atoms with van der Waals surface area (Å²) >= 11 is 0. The van der Waals surface area contributed by atoms with Crippen molar-refractivity contribution in [2.45, 2.75) is 57.1 Å². The smallest absolute Gasteiger partial charge is 0.123 e. The highest BCUT2D eigenvalue weighted by Crippen LogP contribution is 2.45. The number of ether oxygens (including phenoxy) is 1. The van der Waals surface area contributed by atoms with Crippen molar-refractivity contribution in [2.24, 2.45) is 0 Å². The van der Waals surface area contributed by atoms with Gasteiger partial charge < -0.3 is 10.1 Å². The fraction of sp³-hybridized carbons (Fsp3) is 0.478. The zero-order valence-electron chi connectivity index (χ0n) is 15.9. The summed E-state index contributed by atoms with van der Waals surface area (Å²) in [4.78, 5) is 0. The first kappa shape index (κ1) is 19.1. The number of rotatable bonds is 7. The number of hydrogen-bond acceptors (Lipinski definition) is 2. The summed E-state index contributed by atoms with van der Waals surface area (Å²) in [6.07, 6.45) is 3.99. The third kappa shape index (κ3) is 4.52. The van der Waals surface area contributed by atoms with Crippen LogP contribution in [0.2, 0.25) is 0 Å². The molecule has 26 heavy (non-hydrogen) atoms. The largest absolute Gasteiger partial charge is 0.375 e. The van der Waals surface area contributed by atoms with Gasteiger partial charge in [-0.3, -0.25) is 0 Å². The molecule has 3 rings (SSSR count). The van der Waals surface area contributed by atoms with Crippen molar-refractivity contribution in [3.8, 4) is 0 Å². The van der Waals surface area contributed by atoms with Crippen LogP contribution in [0.3, 0.4) is 0 Å². The van der Waals surface area contributed by atoms with Crippen LogP contribution in [-0.2, 0) is 16.7 Å². The van der Waals surface area contributed by atoms with Crippen LogP contribution in [0.25, 0.3) is 0 Å². The predicted octanol–water partition coefficient (Wildman–Crippen LogP) is 5.22. The zero-order valence-corrected chi connectivity index (χ0v) is 15.9. The van der Waals surface area contributed by atoms with E-state index >= 15 is 0 Å². The zero-order chi connectivity index (χ0) is 18.5. The molecule has 2 nitrogen and oxygen atoms in total. The number of halogens is 1. The Morgan fingerprint density at radius 1 is 1.08 bits per heavy atom. The highest BCUT2D eigenvalue weighted by Gasteiger charge is 2.43. The molecule has 2 aromatic rings. The fourth-order valence-electron chi connectivity index (χ4n) is 4.14. The maximum Gasteiger partial charge on any atom is 0.123 e. The number of nitrogens with one attached hydrogen (secondary N) is 1. The van der Waals surface area contributed by atoms with Gasteiger partial charge in [0.1, 0.15) is 5.82 Å². The molecular weight excluding hydrogens is 325 g/mol. The van der Waals surface area contributed by atoms with Crippen molar-refractivity contribution in [3.05, 3.63) is 71.5 Å². The van der Waals surface area contributed by atoms with E-state index in [1.54, 1.807) is 12.1 Å². The summed E-state index contributed by atoms with van der Waals surface area (Å²) < 4.78 is 19.6. The second-order valence-electron chi connectivity index (χ2n) is 7.78. The molecule has 0 amide bonds. The molecule has 1 saturated heterocycles. The van der Waals surface area contributed by atoms with E-state index in [-0.39, 0.29) is 16.8 Å². The van der Waals surface area contributed by atoms with E-state index in [0.29, 0.717) is 0 Å². The van der Waals surface area contributed by atoms with Crippen LogP contribution in [0, 0.1) is 5.82 Å². The van der Waals surface area contributed by atoms with Gasteiger partial charge in [-0.15, -0.1) is 0 Å². The average molecular weight is 355 g/mol. The molecule has 0 bridgehead atoms. The lowest BCUT2D eigenvalue weighted by Gasteiger charge is -2.47. The second kappa shape index (κ2) is 8.32. The SMILES string of the molecule is CC[C@]1(C)C[C@](CCNCc2ccccc2)(c2ccc(F)cc2)CCO1. The highest BCUT2D eigenvalue weighted by molar-refractivity contribution is 5.28. The molecule has 0 radical (unpaired) electrons. The van der Waals surface area contributed by atoms with E-state index < -0.39 is 0 Å². The van der Waals surface area contributed by atoms with E-state index in [2.05, 4.69) is 43.4 Å². The Morgan fingerprint density at radius 2 is 1.81 bits per heavy atom. The van der Waals surface area contributed by atoms with Gasteiger partial charge >= 0.3 is 0 Å². The third-order valence-electron chi connectivity index (χ3n) is 5.90. The lowest BCUT2D eigenvalue weighted by Crippen LogP contribution is -2.46. The molecule has 0 spiro atoms. The van der Waals surface area contributed by atoms with Crippen molar-refractivity contribution in [1.82, 2.24) is 5.32 Å². The standard InChI is InChI=1S/C23H30FNO/c1-3-22(2)18-23(14-16-26-22,20-9-11-21(24)12-10-20)13-15-25-17-19-7-5-4-6-8-19/h4-12,25H,3,13-18H2,1-2H3/t22-,23-/m1/s1. The van der Waals surface area contributed by atoms with Crippen molar-refractivity contribution in [3.63, 3.8) is 0 Å². The summed E-state index contributed by atoms with van der Waals surface area (Å²) in [5.41, 5.74) is 2.48. The first-order valence-corrected chi connectivity index (χ1v) is 9.70. The van der Waals surface area contributed by atoms with Crippen LogP contribution < -0.4 is 5.32 Å². The molecule has 1 heterocycles. The van der Waals surface area contributed by atoms with Gasteiger partial charge in [0.05, 0.1) is 5.60 Å². The Balaban J connectivity index is 1.72. The maximum atomic E-state index is 13.5. The Labute approximate surface area is 156 Å². The Kier molecular flexibility index (Phi) is 6.10. The summed E-state index contributed by atoms with van der Waals surface area (Å²) in [6, 6.07) is 17.6. The van der Waals surface area contributed by atoms with Gasteiger partial charge in [0.25, 0.3) is 0 Å². The fourth-order valence-corrected chi connectivity index (χ4v) is 4.14. The van der Waals surface area contributed by atoms with Gasteiger partial charge in [-0.25, -0.2) is 4.39 Å². The number of benzene rings is 2. The molecule has 2 aromatic carbocycles. The first-order chi connectivity index (χ1) is 12.6. The monoisotopic (exact) mass is 355 g/mol. The van der Waals surface area contributed by atoms with Gasteiger partial charge in [-0.1, -0.05) is 49.4 Å². The van der Waals surface area contributed by atoms with Crippen molar-refractivity contribution >= 4 is 0 Å². The molecule has 2 atom stereocenters. The van der Waals surface area contributed by atoms with Crippen molar-refractivity contribution < 1.29 is 9.13 Å². The molecule has 1 aliphatic heterocycles. The van der Waals surface area contributed by atoms with Gasteiger partial charge in [-0.2, -0.15) is 0 Å². The van der Waals surface area contributed by atoms with E-state index in [9.17, 15) is 4.39 Å². The molecular formula is C23H30FNO. The lowest BCUT2D eigenvalue weighted by atomic mass is 9.66. The van der Waals surface area contributed by atoms with E-state index in [1.165, 1.54) is 11.1 Å². The molecule has 0 aliphatic carbocycles. The van der Waals surface area contributed by atoms with Gasteiger partial charge in [0, 0.05) is 18.6 Å². The van der Waals surface area contributed by atoms with E-state index in [0.717, 1.165) is 45.4 Å². The van der Waals surface area contributed by atoms with Gasteiger partial charge in [-0.05, 0) is 62.4 Å². The minimum Gasteiger partial charge on any atom is -0.375 e. The Hall–Kier alpha value is -1.71. The predicted molar refractivity (Wildman–Crippen MR) is 105 cm³/mol. The van der Waals surface area contributed by atoms with Crippen LogP contribution in [0.5, 0.6) is 0 Å². The third-order valence-corrected chi connectivity index (χ3v) is 5.90. The van der Waals surface area contributed by atoms with Gasteiger partial charge in [0.15, 0.2) is 0 Å². The minimum atomic E-state index is -0.170.